The summed E-state index contributed by atoms with van der Waals surface area (Å²) in [6, 6.07) is -0.643. The summed E-state index contributed by atoms with van der Waals surface area (Å²) in [5, 5.41) is 3.25. The van der Waals surface area contributed by atoms with Crippen LogP contribution in [0.3, 0.4) is 0 Å². The number of carbonyl (C=O) groups is 3. The third kappa shape index (κ3) is 8.06. The highest BCUT2D eigenvalue weighted by atomic mass is 16.5. The zero-order chi connectivity index (χ0) is 26.8. The van der Waals surface area contributed by atoms with Gasteiger partial charge in [0.2, 0.25) is 11.8 Å². The van der Waals surface area contributed by atoms with Gasteiger partial charge in [-0.1, -0.05) is 52.5 Å². The minimum absolute atomic E-state index is 0.00772. The Kier molecular flexibility index (Phi) is 12.4. The van der Waals surface area contributed by atoms with Gasteiger partial charge in [-0.2, -0.15) is 0 Å². The highest BCUT2D eigenvalue weighted by molar-refractivity contribution is 5.91. The molecule has 1 aliphatic heterocycles. The van der Waals surface area contributed by atoms with E-state index < -0.39 is 6.04 Å². The molecule has 0 radical (unpaired) electrons. The van der Waals surface area contributed by atoms with Crippen molar-refractivity contribution in [3.63, 3.8) is 0 Å². The summed E-state index contributed by atoms with van der Waals surface area (Å²) in [7, 11) is 1.80. The van der Waals surface area contributed by atoms with Gasteiger partial charge < -0.3 is 15.0 Å². The lowest BCUT2D eigenvalue weighted by atomic mass is 9.82. The molecule has 4 unspecified atom stereocenters. The van der Waals surface area contributed by atoms with Crippen LogP contribution in [0.5, 0.6) is 0 Å². The Balaban J connectivity index is 2.28. The van der Waals surface area contributed by atoms with Crippen LogP contribution in [-0.2, 0) is 19.1 Å². The first-order valence-electron chi connectivity index (χ1n) is 14.3. The molecule has 2 amide bonds. The number of hydrogen-bond donors (Lipinski definition) is 1. The second-order valence-electron chi connectivity index (χ2n) is 11.1. The number of nitrogens with one attached hydrogen (secondary N) is 1. The molecule has 1 aliphatic carbocycles. The highest BCUT2D eigenvalue weighted by Gasteiger charge is 2.38. The van der Waals surface area contributed by atoms with Crippen molar-refractivity contribution in [2.75, 3.05) is 20.2 Å². The van der Waals surface area contributed by atoms with Gasteiger partial charge in [-0.25, -0.2) is 4.79 Å². The lowest BCUT2D eigenvalue weighted by Gasteiger charge is -2.41. The maximum atomic E-state index is 14.0. The van der Waals surface area contributed by atoms with Crippen LogP contribution in [0.15, 0.2) is 11.6 Å². The van der Waals surface area contributed by atoms with Crippen LogP contribution in [0.25, 0.3) is 0 Å². The van der Waals surface area contributed by atoms with Crippen molar-refractivity contribution in [3.8, 4) is 0 Å². The highest BCUT2D eigenvalue weighted by Crippen LogP contribution is 2.29. The molecule has 0 spiro atoms. The van der Waals surface area contributed by atoms with E-state index in [0.29, 0.717) is 18.2 Å². The average Bonchev–Trinajstić information content (AvgIpc) is 2.89. The SMILES string of the molecule is CCOC(=O)/C(C)=C/C(C(C)C)N(C)C(=O)C(NC(=O)C1CCCCN1C(C)CC)C1CCCCC1. The van der Waals surface area contributed by atoms with Gasteiger partial charge in [0, 0.05) is 18.7 Å². The molecule has 7 heteroatoms. The van der Waals surface area contributed by atoms with E-state index in [9.17, 15) is 14.4 Å². The molecule has 0 aromatic rings. The third-order valence-electron chi connectivity index (χ3n) is 8.18. The molecule has 2 aliphatic rings. The van der Waals surface area contributed by atoms with Crippen molar-refractivity contribution < 1.29 is 19.1 Å². The van der Waals surface area contributed by atoms with Crippen LogP contribution in [0, 0.1) is 11.8 Å². The van der Waals surface area contributed by atoms with E-state index >= 15 is 0 Å². The summed E-state index contributed by atoms with van der Waals surface area (Å²) >= 11 is 0. The number of nitrogens with zero attached hydrogens (tertiary/aromatic N) is 2. The first-order valence-corrected chi connectivity index (χ1v) is 14.3. The van der Waals surface area contributed by atoms with Gasteiger partial charge in [0.05, 0.1) is 18.7 Å². The van der Waals surface area contributed by atoms with Crippen LogP contribution in [0.4, 0.5) is 0 Å². The van der Waals surface area contributed by atoms with Gasteiger partial charge in [0.15, 0.2) is 0 Å². The Morgan fingerprint density at radius 3 is 2.25 bits per heavy atom. The summed E-state index contributed by atoms with van der Waals surface area (Å²) in [6.07, 6.45) is 11.1. The van der Waals surface area contributed by atoms with Crippen LogP contribution < -0.4 is 5.32 Å². The van der Waals surface area contributed by atoms with Crippen LogP contribution in [-0.4, -0.2) is 72.0 Å². The molecule has 1 saturated heterocycles. The normalized spacial score (nSPS) is 22.6. The van der Waals surface area contributed by atoms with E-state index in [0.717, 1.165) is 57.9 Å². The molecule has 1 saturated carbocycles. The van der Waals surface area contributed by atoms with Crippen LogP contribution >= 0.6 is 0 Å². The number of carbonyl (C=O) groups excluding carboxylic acids is 3. The molecule has 36 heavy (non-hydrogen) atoms. The Morgan fingerprint density at radius 1 is 1.03 bits per heavy atom. The van der Waals surface area contributed by atoms with Crippen molar-refractivity contribution >= 4 is 17.8 Å². The molecule has 4 atom stereocenters. The van der Waals surface area contributed by atoms with Crippen molar-refractivity contribution in [1.82, 2.24) is 15.1 Å². The number of likely N-dealkylation sites (N-methyl/N-ethyl adjacent to an activating group) is 1. The smallest absolute Gasteiger partial charge is 0.333 e. The number of hydrogen-bond acceptors (Lipinski definition) is 5. The second kappa shape index (κ2) is 14.7. The Labute approximate surface area is 219 Å². The molecule has 1 N–H and O–H groups in total. The minimum Gasteiger partial charge on any atom is -0.463 e. The Bertz CT molecular complexity index is 760. The lowest BCUT2D eigenvalue weighted by molar-refractivity contribution is -0.141. The largest absolute Gasteiger partial charge is 0.463 e. The molecule has 206 valence electrons. The van der Waals surface area contributed by atoms with E-state index in [4.69, 9.17) is 4.74 Å². The van der Waals surface area contributed by atoms with Gasteiger partial charge in [0.25, 0.3) is 0 Å². The molecular formula is C29H51N3O4. The number of likely N-dealkylation sites (tertiary alicyclic amines) is 1. The number of esters is 1. The predicted octanol–water partition coefficient (Wildman–Crippen LogP) is 4.70. The number of rotatable bonds is 11. The molecular weight excluding hydrogens is 454 g/mol. The number of amides is 2. The van der Waals surface area contributed by atoms with Crippen molar-refractivity contribution in [2.45, 2.75) is 123 Å². The van der Waals surface area contributed by atoms with Gasteiger partial charge in [-0.15, -0.1) is 0 Å². The maximum absolute atomic E-state index is 14.0. The average molecular weight is 506 g/mol. The quantitative estimate of drug-likeness (QED) is 0.325. The van der Waals surface area contributed by atoms with Crippen molar-refractivity contribution in [1.29, 1.82) is 0 Å². The van der Waals surface area contributed by atoms with Crippen LogP contribution in [0.2, 0.25) is 0 Å². The topological polar surface area (TPSA) is 79.0 Å². The number of piperidine rings is 1. The fraction of sp³-hybridized carbons (Fsp3) is 0.828. The lowest BCUT2D eigenvalue weighted by Crippen LogP contribution is -2.59. The maximum Gasteiger partial charge on any atom is 0.333 e. The van der Waals surface area contributed by atoms with Gasteiger partial charge in [-0.05, 0) is 71.3 Å². The monoisotopic (exact) mass is 505 g/mol. The van der Waals surface area contributed by atoms with Crippen molar-refractivity contribution in [2.24, 2.45) is 11.8 Å². The Hall–Kier alpha value is -1.89. The molecule has 2 fully saturated rings. The first kappa shape index (κ1) is 30.3. The van der Waals surface area contributed by atoms with Gasteiger partial charge in [0.1, 0.15) is 6.04 Å². The fourth-order valence-corrected chi connectivity index (χ4v) is 5.78. The van der Waals surface area contributed by atoms with E-state index in [-0.39, 0.29) is 41.7 Å². The summed E-state index contributed by atoms with van der Waals surface area (Å²) < 4.78 is 5.15. The molecule has 0 aromatic carbocycles. The van der Waals surface area contributed by atoms with E-state index in [1.54, 1.807) is 25.8 Å². The summed E-state index contributed by atoms with van der Waals surface area (Å²) in [5.41, 5.74) is 0.500. The third-order valence-corrected chi connectivity index (χ3v) is 8.18. The summed E-state index contributed by atoms with van der Waals surface area (Å²) in [6.45, 7) is 13.2. The predicted molar refractivity (Wildman–Crippen MR) is 144 cm³/mol. The van der Waals surface area contributed by atoms with E-state index in [1.165, 1.54) is 6.42 Å². The van der Waals surface area contributed by atoms with E-state index in [1.807, 2.05) is 19.9 Å². The van der Waals surface area contributed by atoms with E-state index in [2.05, 4.69) is 24.1 Å². The van der Waals surface area contributed by atoms with Crippen LogP contribution in [0.1, 0.15) is 99.3 Å². The second-order valence-corrected chi connectivity index (χ2v) is 11.1. The minimum atomic E-state index is -0.541. The summed E-state index contributed by atoms with van der Waals surface area (Å²) in [5.74, 6) is -0.186. The Morgan fingerprint density at radius 2 is 1.67 bits per heavy atom. The molecule has 7 nitrogen and oxygen atoms in total. The zero-order valence-corrected chi connectivity index (χ0v) is 23.8. The van der Waals surface area contributed by atoms with Gasteiger partial charge >= 0.3 is 5.97 Å². The molecule has 0 aromatic heterocycles. The van der Waals surface area contributed by atoms with Gasteiger partial charge in [-0.3, -0.25) is 14.5 Å². The number of ether oxygens (including phenoxy) is 1. The first-order chi connectivity index (χ1) is 17.1. The standard InChI is InChI=1S/C29H51N3O4/c1-8-22(6)32-18-14-13-17-24(32)27(33)30-26(23-15-11-10-12-16-23)28(34)31(7)25(20(3)4)19-21(5)29(35)36-9-2/h19-20,22-26H,8-18H2,1-7H3,(H,30,33)/b21-19+. The fourth-order valence-electron chi connectivity index (χ4n) is 5.78. The zero-order valence-electron chi connectivity index (χ0n) is 23.8. The van der Waals surface area contributed by atoms with Crippen molar-refractivity contribution in [3.05, 3.63) is 11.6 Å². The molecule has 1 heterocycles. The summed E-state index contributed by atoms with van der Waals surface area (Å²) in [4.78, 5) is 44.0. The molecule has 2 rings (SSSR count). The molecule has 0 bridgehead atoms.